The van der Waals surface area contributed by atoms with E-state index in [1.54, 1.807) is 31.3 Å². The number of carbonyl (C=O) groups excluding carboxylic acids is 1. The van der Waals surface area contributed by atoms with Gasteiger partial charge in [0.2, 0.25) is 0 Å². The van der Waals surface area contributed by atoms with Gasteiger partial charge in [-0.25, -0.2) is 4.98 Å². The van der Waals surface area contributed by atoms with Crippen molar-refractivity contribution in [2.24, 2.45) is 7.05 Å². The maximum Gasteiger partial charge on any atom is 0.417 e. The van der Waals surface area contributed by atoms with Crippen LogP contribution in [0, 0.1) is 0 Å². The largest absolute Gasteiger partial charge is 0.497 e. The third-order valence-electron chi connectivity index (χ3n) is 4.79. The molecule has 2 aromatic carbocycles. The zero-order valence-electron chi connectivity index (χ0n) is 16.6. The first-order valence-electron chi connectivity index (χ1n) is 9.22. The van der Waals surface area contributed by atoms with Crippen LogP contribution in [0.25, 0.3) is 22.3 Å². The van der Waals surface area contributed by atoms with Gasteiger partial charge in [0.1, 0.15) is 5.75 Å². The highest BCUT2D eigenvalue weighted by molar-refractivity contribution is 6.12. The lowest BCUT2D eigenvalue weighted by molar-refractivity contribution is -0.137. The standard InChI is InChI=1S/C22H17F3N4O2/c1-29-20-17(12-26-29)16(21(30)27-13-6-5-7-14(10-13)31-2)11-19(28-20)15-8-3-4-9-18(15)22(23,24)25/h3-12H,1-2H3,(H,27,30). The summed E-state index contributed by atoms with van der Waals surface area (Å²) in [7, 11) is 3.12. The summed E-state index contributed by atoms with van der Waals surface area (Å²) in [5, 5.41) is 7.29. The van der Waals surface area contributed by atoms with Crippen LogP contribution in [0.1, 0.15) is 15.9 Å². The van der Waals surface area contributed by atoms with Crippen molar-refractivity contribution >= 4 is 22.6 Å². The van der Waals surface area contributed by atoms with E-state index < -0.39 is 17.6 Å². The zero-order valence-corrected chi connectivity index (χ0v) is 16.6. The molecule has 0 aliphatic carbocycles. The highest BCUT2D eigenvalue weighted by Crippen LogP contribution is 2.37. The van der Waals surface area contributed by atoms with Crippen LogP contribution < -0.4 is 10.1 Å². The first kappa shape index (κ1) is 20.4. The maximum absolute atomic E-state index is 13.5. The lowest BCUT2D eigenvalue weighted by Gasteiger charge is -2.14. The average Bonchev–Trinajstić information content (AvgIpc) is 3.13. The van der Waals surface area contributed by atoms with Gasteiger partial charge in [-0.15, -0.1) is 0 Å². The molecular formula is C22H17F3N4O2. The summed E-state index contributed by atoms with van der Waals surface area (Å²) in [5.41, 5.74) is 0.0186. The van der Waals surface area contributed by atoms with Crippen molar-refractivity contribution in [3.63, 3.8) is 0 Å². The van der Waals surface area contributed by atoms with Gasteiger partial charge in [-0.1, -0.05) is 24.3 Å². The molecule has 0 radical (unpaired) electrons. The molecule has 0 saturated heterocycles. The second-order valence-electron chi connectivity index (χ2n) is 6.79. The number of pyridine rings is 1. The number of halogens is 3. The average molecular weight is 426 g/mol. The topological polar surface area (TPSA) is 69.0 Å². The molecule has 0 spiro atoms. The van der Waals surface area contributed by atoms with Crippen molar-refractivity contribution in [3.05, 3.63) is 71.9 Å². The Hall–Kier alpha value is -3.88. The van der Waals surface area contributed by atoms with Crippen molar-refractivity contribution in [2.75, 3.05) is 12.4 Å². The number of ether oxygens (including phenoxy) is 1. The molecule has 9 heteroatoms. The van der Waals surface area contributed by atoms with E-state index in [0.29, 0.717) is 22.5 Å². The smallest absolute Gasteiger partial charge is 0.417 e. The van der Waals surface area contributed by atoms with Crippen molar-refractivity contribution in [1.82, 2.24) is 14.8 Å². The van der Waals surface area contributed by atoms with Crippen LogP contribution in [0.5, 0.6) is 5.75 Å². The molecule has 6 nitrogen and oxygen atoms in total. The van der Waals surface area contributed by atoms with Gasteiger partial charge in [-0.05, 0) is 24.3 Å². The highest BCUT2D eigenvalue weighted by atomic mass is 19.4. The van der Waals surface area contributed by atoms with Crippen molar-refractivity contribution < 1.29 is 22.7 Å². The highest BCUT2D eigenvalue weighted by Gasteiger charge is 2.34. The summed E-state index contributed by atoms with van der Waals surface area (Å²) < 4.78 is 47.2. The van der Waals surface area contributed by atoms with Crippen LogP contribution in [0.15, 0.2) is 60.8 Å². The quantitative estimate of drug-likeness (QED) is 0.503. The number of carbonyl (C=O) groups is 1. The van der Waals surface area contributed by atoms with E-state index in [2.05, 4.69) is 15.4 Å². The molecule has 2 aromatic heterocycles. The Morgan fingerprint density at radius 2 is 1.87 bits per heavy atom. The molecule has 4 rings (SSSR count). The number of benzene rings is 2. The van der Waals surface area contributed by atoms with Gasteiger partial charge in [-0.3, -0.25) is 9.48 Å². The van der Waals surface area contributed by atoms with Gasteiger partial charge in [0.15, 0.2) is 5.65 Å². The Morgan fingerprint density at radius 1 is 1.10 bits per heavy atom. The summed E-state index contributed by atoms with van der Waals surface area (Å²) in [6.45, 7) is 0. The van der Waals surface area contributed by atoms with Gasteiger partial charge in [0, 0.05) is 24.4 Å². The van der Waals surface area contributed by atoms with Crippen LogP contribution in [0.2, 0.25) is 0 Å². The van der Waals surface area contributed by atoms with Crippen molar-refractivity contribution in [2.45, 2.75) is 6.18 Å². The number of nitrogens with zero attached hydrogens (tertiary/aromatic N) is 3. The third kappa shape index (κ3) is 3.94. The second kappa shape index (κ2) is 7.75. The molecule has 1 amide bonds. The minimum atomic E-state index is -4.57. The number of methoxy groups -OCH3 is 1. The molecule has 1 N–H and O–H groups in total. The SMILES string of the molecule is COc1cccc(NC(=O)c2cc(-c3ccccc3C(F)(F)F)nc3c2cnn3C)c1. The normalized spacial score (nSPS) is 11.5. The monoisotopic (exact) mass is 426 g/mol. The van der Waals surface area contributed by atoms with E-state index in [4.69, 9.17) is 4.74 Å². The lowest BCUT2D eigenvalue weighted by atomic mass is 10.0. The van der Waals surface area contributed by atoms with Gasteiger partial charge in [-0.2, -0.15) is 18.3 Å². The summed E-state index contributed by atoms with van der Waals surface area (Å²) in [4.78, 5) is 17.4. The molecule has 31 heavy (non-hydrogen) atoms. The Bertz CT molecular complexity index is 1280. The van der Waals surface area contributed by atoms with E-state index in [-0.39, 0.29) is 16.8 Å². The number of hydrogen-bond donors (Lipinski definition) is 1. The molecule has 158 valence electrons. The van der Waals surface area contributed by atoms with Crippen LogP contribution in [-0.4, -0.2) is 27.8 Å². The van der Waals surface area contributed by atoms with E-state index in [1.165, 1.54) is 42.3 Å². The fourth-order valence-corrected chi connectivity index (χ4v) is 3.29. The van der Waals surface area contributed by atoms with E-state index >= 15 is 0 Å². The first-order valence-corrected chi connectivity index (χ1v) is 9.22. The molecule has 0 unspecified atom stereocenters. The number of anilines is 1. The molecule has 4 aromatic rings. The molecule has 0 bridgehead atoms. The third-order valence-corrected chi connectivity index (χ3v) is 4.79. The minimum absolute atomic E-state index is 0.0276. The Morgan fingerprint density at radius 3 is 2.61 bits per heavy atom. The molecule has 0 aliphatic heterocycles. The van der Waals surface area contributed by atoms with E-state index in [0.717, 1.165) is 6.07 Å². The fourth-order valence-electron chi connectivity index (χ4n) is 3.29. The van der Waals surface area contributed by atoms with E-state index in [1.807, 2.05) is 0 Å². The van der Waals surface area contributed by atoms with Gasteiger partial charge >= 0.3 is 6.18 Å². The summed E-state index contributed by atoms with van der Waals surface area (Å²) >= 11 is 0. The van der Waals surface area contributed by atoms with Gasteiger partial charge < -0.3 is 10.1 Å². The predicted molar refractivity (Wildman–Crippen MR) is 110 cm³/mol. The number of fused-ring (bicyclic) bond motifs is 1. The maximum atomic E-state index is 13.5. The molecule has 0 saturated carbocycles. The van der Waals surface area contributed by atoms with E-state index in [9.17, 15) is 18.0 Å². The number of nitrogens with one attached hydrogen (secondary N) is 1. The molecule has 0 fully saturated rings. The van der Waals surface area contributed by atoms with Crippen LogP contribution >= 0.6 is 0 Å². The Balaban J connectivity index is 1.84. The minimum Gasteiger partial charge on any atom is -0.497 e. The van der Waals surface area contributed by atoms with Crippen molar-refractivity contribution in [3.8, 4) is 17.0 Å². The predicted octanol–water partition coefficient (Wildman–Crippen LogP) is 4.92. The molecule has 0 aliphatic rings. The number of rotatable bonds is 4. The summed E-state index contributed by atoms with van der Waals surface area (Å²) in [5.74, 6) is 0.0539. The number of hydrogen-bond acceptors (Lipinski definition) is 4. The first-order chi connectivity index (χ1) is 14.8. The Kier molecular flexibility index (Phi) is 5.10. The van der Waals surface area contributed by atoms with Gasteiger partial charge in [0.05, 0.1) is 35.5 Å². The second-order valence-corrected chi connectivity index (χ2v) is 6.79. The fraction of sp³-hybridized carbons (Fsp3) is 0.136. The van der Waals surface area contributed by atoms with Gasteiger partial charge in [0.25, 0.3) is 5.91 Å². The Labute approximate surface area is 175 Å². The lowest BCUT2D eigenvalue weighted by Crippen LogP contribution is -2.14. The molecule has 2 heterocycles. The number of alkyl halides is 3. The zero-order chi connectivity index (χ0) is 22.2. The van der Waals surface area contributed by atoms with Crippen LogP contribution in [-0.2, 0) is 13.2 Å². The summed E-state index contributed by atoms with van der Waals surface area (Å²) in [6, 6.07) is 13.2. The van der Waals surface area contributed by atoms with Crippen molar-refractivity contribution in [1.29, 1.82) is 0 Å². The van der Waals surface area contributed by atoms with Crippen LogP contribution in [0.3, 0.4) is 0 Å². The number of amides is 1. The van der Waals surface area contributed by atoms with Crippen LogP contribution in [0.4, 0.5) is 18.9 Å². The number of aromatic nitrogens is 3. The summed E-state index contributed by atoms with van der Waals surface area (Å²) in [6.07, 6.45) is -3.11. The molecule has 0 atom stereocenters. The molecular weight excluding hydrogens is 409 g/mol. The number of aryl methyl sites for hydroxylation is 1.